The Kier molecular flexibility index (Phi) is 10.5. The first-order valence-electron chi connectivity index (χ1n) is 14.0. The number of carbonyl (C=O) groups excluding carboxylic acids is 1. The lowest BCUT2D eigenvalue weighted by atomic mass is 9.99. The average molecular weight is 547 g/mol. The molecule has 9 nitrogen and oxygen atoms in total. The third-order valence-electron chi connectivity index (χ3n) is 7.86. The number of methoxy groups -OCH3 is 2. The van der Waals surface area contributed by atoms with Crippen LogP contribution in [0.1, 0.15) is 57.8 Å². The monoisotopic (exact) mass is 546 g/mol. The van der Waals surface area contributed by atoms with Crippen LogP contribution in [-0.2, 0) is 4.79 Å². The Balaban J connectivity index is 1.50. The molecule has 0 unspecified atom stereocenters. The second-order valence-electron chi connectivity index (χ2n) is 10.5. The van der Waals surface area contributed by atoms with Crippen molar-refractivity contribution < 1.29 is 14.3 Å². The van der Waals surface area contributed by atoms with E-state index in [0.717, 1.165) is 55.1 Å². The summed E-state index contributed by atoms with van der Waals surface area (Å²) in [5, 5.41) is 7.49. The number of likely N-dealkylation sites (tertiary alicyclic amines) is 1. The minimum atomic E-state index is -0.158. The summed E-state index contributed by atoms with van der Waals surface area (Å²) < 4.78 is 11.1. The molecule has 2 aromatic rings. The maximum absolute atomic E-state index is 11.4. The Bertz CT molecular complexity index is 1050. The highest BCUT2D eigenvalue weighted by Crippen LogP contribution is 2.36. The highest BCUT2D eigenvalue weighted by atomic mass is 35.5. The normalized spacial score (nSPS) is 17.7. The zero-order valence-corrected chi connectivity index (χ0v) is 23.9. The molecule has 0 bridgehead atoms. The van der Waals surface area contributed by atoms with Crippen LogP contribution in [0.25, 0.3) is 10.9 Å². The standard InChI is InChI=1S/C28H43ClN6O3/c1-34(14-8-13-30-26(36)19-29)28-32-23-18-25(38-3)24(37-2)17-22(23)27(33-28)31-20-11-15-35(16-12-20)21-9-6-4-5-7-10-21/h17-18,20-21H,4-16,19H2,1-3H3,(H,30,36)(H,31,32,33). The van der Waals surface area contributed by atoms with E-state index < -0.39 is 0 Å². The number of piperidine rings is 1. The molecule has 0 atom stereocenters. The lowest BCUT2D eigenvalue weighted by molar-refractivity contribution is -0.118. The van der Waals surface area contributed by atoms with Crippen molar-refractivity contribution in [2.75, 3.05) is 63.5 Å². The van der Waals surface area contributed by atoms with Crippen molar-refractivity contribution in [3.05, 3.63) is 12.1 Å². The van der Waals surface area contributed by atoms with E-state index >= 15 is 0 Å². The maximum Gasteiger partial charge on any atom is 0.234 e. The number of nitrogens with one attached hydrogen (secondary N) is 2. The van der Waals surface area contributed by atoms with Gasteiger partial charge in [0.15, 0.2) is 11.5 Å². The SMILES string of the molecule is COc1cc2nc(N(C)CCCNC(=O)CCl)nc(NC3CCN(C4CCCCCC4)CC3)c2cc1OC. The van der Waals surface area contributed by atoms with Crippen molar-refractivity contribution in [2.24, 2.45) is 0 Å². The molecule has 2 fully saturated rings. The Labute approximate surface area is 231 Å². The Morgan fingerprint density at radius 2 is 1.74 bits per heavy atom. The van der Waals surface area contributed by atoms with Gasteiger partial charge in [-0.1, -0.05) is 25.7 Å². The van der Waals surface area contributed by atoms with Gasteiger partial charge in [-0.05, 0) is 38.2 Å². The second kappa shape index (κ2) is 14.0. The predicted molar refractivity (Wildman–Crippen MR) is 154 cm³/mol. The van der Waals surface area contributed by atoms with Gasteiger partial charge in [-0.2, -0.15) is 4.98 Å². The van der Waals surface area contributed by atoms with Crippen molar-refractivity contribution in [3.63, 3.8) is 0 Å². The fourth-order valence-corrected chi connectivity index (χ4v) is 5.74. The first-order valence-corrected chi connectivity index (χ1v) is 14.5. The number of aromatic nitrogens is 2. The van der Waals surface area contributed by atoms with Gasteiger partial charge in [-0.25, -0.2) is 4.98 Å². The zero-order chi connectivity index (χ0) is 26.9. The van der Waals surface area contributed by atoms with Crippen LogP contribution in [0.2, 0.25) is 0 Å². The molecule has 1 aromatic heterocycles. The minimum Gasteiger partial charge on any atom is -0.493 e. The smallest absolute Gasteiger partial charge is 0.234 e. The number of carbonyl (C=O) groups is 1. The molecule has 1 amide bonds. The number of hydrogen-bond acceptors (Lipinski definition) is 8. The molecule has 2 aliphatic rings. The molecule has 210 valence electrons. The number of ether oxygens (including phenoxy) is 2. The Morgan fingerprint density at radius 1 is 1.05 bits per heavy atom. The van der Waals surface area contributed by atoms with E-state index in [1.165, 1.54) is 38.5 Å². The summed E-state index contributed by atoms with van der Waals surface area (Å²) in [5.74, 6) is 2.57. The van der Waals surface area contributed by atoms with E-state index in [0.29, 0.717) is 36.6 Å². The van der Waals surface area contributed by atoms with E-state index in [9.17, 15) is 4.79 Å². The first kappa shape index (κ1) is 28.5. The van der Waals surface area contributed by atoms with E-state index in [1.807, 2.05) is 24.1 Å². The molecule has 0 radical (unpaired) electrons. The van der Waals surface area contributed by atoms with Gasteiger partial charge in [0, 0.05) is 56.8 Å². The van der Waals surface area contributed by atoms with Gasteiger partial charge in [0.1, 0.15) is 11.7 Å². The van der Waals surface area contributed by atoms with E-state index in [4.69, 9.17) is 31.0 Å². The molecule has 2 N–H and O–H groups in total. The molecule has 1 saturated heterocycles. The van der Waals surface area contributed by atoms with Crippen LogP contribution in [0.5, 0.6) is 11.5 Å². The van der Waals surface area contributed by atoms with Crippen molar-refractivity contribution >= 4 is 40.2 Å². The largest absolute Gasteiger partial charge is 0.493 e. The molecule has 1 saturated carbocycles. The van der Waals surface area contributed by atoms with Crippen LogP contribution < -0.4 is 25.0 Å². The van der Waals surface area contributed by atoms with E-state index in [1.54, 1.807) is 14.2 Å². The van der Waals surface area contributed by atoms with Gasteiger partial charge in [0.2, 0.25) is 11.9 Å². The number of nitrogens with zero attached hydrogens (tertiary/aromatic N) is 4. The predicted octanol–water partition coefficient (Wildman–Crippen LogP) is 4.43. The van der Waals surface area contributed by atoms with Crippen molar-refractivity contribution in [2.45, 2.75) is 69.9 Å². The zero-order valence-electron chi connectivity index (χ0n) is 23.1. The van der Waals surface area contributed by atoms with E-state index in [2.05, 4.69) is 15.5 Å². The van der Waals surface area contributed by atoms with Gasteiger partial charge in [-0.3, -0.25) is 4.79 Å². The molecular formula is C28H43ClN6O3. The summed E-state index contributed by atoms with van der Waals surface area (Å²) in [6.45, 7) is 3.51. The van der Waals surface area contributed by atoms with Crippen LogP contribution in [-0.4, -0.2) is 86.2 Å². The number of alkyl halides is 1. The highest BCUT2D eigenvalue weighted by Gasteiger charge is 2.26. The van der Waals surface area contributed by atoms with Crippen LogP contribution >= 0.6 is 11.6 Å². The van der Waals surface area contributed by atoms with Gasteiger partial charge < -0.3 is 29.9 Å². The molecule has 38 heavy (non-hydrogen) atoms. The number of amides is 1. The topological polar surface area (TPSA) is 91.8 Å². The minimum absolute atomic E-state index is 0.0243. The van der Waals surface area contributed by atoms with Gasteiger partial charge in [-0.15, -0.1) is 11.6 Å². The second-order valence-corrected chi connectivity index (χ2v) is 10.7. The highest BCUT2D eigenvalue weighted by molar-refractivity contribution is 6.27. The Hall–Kier alpha value is -2.52. The van der Waals surface area contributed by atoms with Gasteiger partial charge in [0.05, 0.1) is 19.7 Å². The number of anilines is 2. The molecule has 1 aromatic carbocycles. The van der Waals surface area contributed by atoms with Crippen LogP contribution in [0.4, 0.5) is 11.8 Å². The molecule has 0 spiro atoms. The van der Waals surface area contributed by atoms with Crippen LogP contribution in [0.3, 0.4) is 0 Å². The lowest BCUT2D eigenvalue weighted by Gasteiger charge is -2.38. The molecule has 4 rings (SSSR count). The summed E-state index contributed by atoms with van der Waals surface area (Å²) >= 11 is 5.57. The molecular weight excluding hydrogens is 504 g/mol. The van der Waals surface area contributed by atoms with Crippen molar-refractivity contribution in [1.82, 2.24) is 20.2 Å². The molecule has 2 heterocycles. The van der Waals surface area contributed by atoms with Crippen LogP contribution in [0.15, 0.2) is 12.1 Å². The maximum atomic E-state index is 11.4. The quantitative estimate of drug-likeness (QED) is 0.243. The number of hydrogen-bond donors (Lipinski definition) is 2. The third kappa shape index (κ3) is 7.32. The van der Waals surface area contributed by atoms with Gasteiger partial charge in [0.25, 0.3) is 0 Å². The third-order valence-corrected chi connectivity index (χ3v) is 8.10. The summed E-state index contributed by atoms with van der Waals surface area (Å²) in [6, 6.07) is 4.98. The fourth-order valence-electron chi connectivity index (χ4n) is 5.64. The van der Waals surface area contributed by atoms with E-state index in [-0.39, 0.29) is 11.8 Å². The van der Waals surface area contributed by atoms with Gasteiger partial charge >= 0.3 is 0 Å². The number of rotatable bonds is 11. The molecule has 1 aliphatic heterocycles. The average Bonchev–Trinajstić information content (AvgIpc) is 3.24. The van der Waals surface area contributed by atoms with Crippen molar-refractivity contribution in [3.8, 4) is 11.5 Å². The molecule has 1 aliphatic carbocycles. The summed E-state index contributed by atoms with van der Waals surface area (Å²) in [7, 11) is 5.25. The fraction of sp³-hybridized carbons (Fsp3) is 0.679. The summed E-state index contributed by atoms with van der Waals surface area (Å²) in [4.78, 5) is 26.0. The molecule has 10 heteroatoms. The first-order chi connectivity index (χ1) is 18.5. The number of benzene rings is 1. The number of halogens is 1. The Morgan fingerprint density at radius 3 is 2.39 bits per heavy atom. The van der Waals surface area contributed by atoms with Crippen LogP contribution in [0, 0.1) is 0 Å². The lowest BCUT2D eigenvalue weighted by Crippen LogP contribution is -2.44. The summed E-state index contributed by atoms with van der Waals surface area (Å²) in [5.41, 5.74) is 0.799. The number of fused-ring (bicyclic) bond motifs is 1. The summed E-state index contributed by atoms with van der Waals surface area (Å²) in [6.07, 6.45) is 11.2. The van der Waals surface area contributed by atoms with Crippen molar-refractivity contribution in [1.29, 1.82) is 0 Å².